The summed E-state index contributed by atoms with van der Waals surface area (Å²) < 4.78 is 32.1. The average Bonchev–Trinajstić information content (AvgIpc) is 3.16. The summed E-state index contributed by atoms with van der Waals surface area (Å²) >= 11 is 0. The van der Waals surface area contributed by atoms with E-state index in [-0.39, 0.29) is 17.0 Å². The molecule has 0 aliphatic heterocycles. The molecule has 0 amide bonds. The number of aryl methyl sites for hydroxylation is 1. The number of sulfonamides is 1. The number of carboxylic acids is 1. The fourth-order valence-electron chi connectivity index (χ4n) is 2.89. The predicted octanol–water partition coefficient (Wildman–Crippen LogP) is 2.29. The van der Waals surface area contributed by atoms with Gasteiger partial charge < -0.3 is 9.52 Å². The molecule has 1 aliphatic carbocycles. The third-order valence-electron chi connectivity index (χ3n) is 4.07. The summed E-state index contributed by atoms with van der Waals surface area (Å²) in [6, 6.07) is 6.24. The molecule has 0 saturated carbocycles. The van der Waals surface area contributed by atoms with Crippen molar-refractivity contribution in [2.75, 3.05) is 7.05 Å². The maximum Gasteiger partial charge on any atom is 0.335 e. The van der Waals surface area contributed by atoms with Gasteiger partial charge >= 0.3 is 5.97 Å². The first-order chi connectivity index (χ1) is 10.9. The molecule has 0 radical (unpaired) electrons. The zero-order chi connectivity index (χ0) is 16.6. The van der Waals surface area contributed by atoms with Crippen molar-refractivity contribution >= 4 is 16.0 Å². The number of furan rings is 1. The van der Waals surface area contributed by atoms with E-state index in [9.17, 15) is 18.3 Å². The van der Waals surface area contributed by atoms with Gasteiger partial charge in [0, 0.05) is 7.05 Å². The Bertz CT molecular complexity index is 840. The number of rotatable bonds is 5. The third-order valence-corrected chi connectivity index (χ3v) is 5.94. The number of carbonyl (C=O) groups is 1. The second kappa shape index (κ2) is 5.82. The third kappa shape index (κ3) is 2.89. The minimum Gasteiger partial charge on any atom is -0.478 e. The van der Waals surface area contributed by atoms with E-state index in [1.807, 2.05) is 0 Å². The molecule has 1 N–H and O–H groups in total. The van der Waals surface area contributed by atoms with Crippen LogP contribution in [0.25, 0.3) is 0 Å². The molecule has 0 atom stereocenters. The summed E-state index contributed by atoms with van der Waals surface area (Å²) in [4.78, 5) is 11.4. The Morgan fingerprint density at radius 3 is 2.78 bits per heavy atom. The molecule has 1 aliphatic rings. The van der Waals surface area contributed by atoms with Gasteiger partial charge in [-0.15, -0.1) is 0 Å². The summed E-state index contributed by atoms with van der Waals surface area (Å²) in [5.74, 6) is -0.591. The highest BCUT2D eigenvalue weighted by Crippen LogP contribution is 2.32. The molecule has 6 nitrogen and oxygen atoms in total. The fourth-order valence-corrected chi connectivity index (χ4v) is 4.35. The van der Waals surface area contributed by atoms with E-state index in [0.717, 1.165) is 17.5 Å². The van der Waals surface area contributed by atoms with Crippen molar-refractivity contribution in [1.29, 1.82) is 0 Å². The molecule has 2 aromatic rings. The molecule has 0 fully saturated rings. The minimum atomic E-state index is -3.79. The topological polar surface area (TPSA) is 87.8 Å². The van der Waals surface area contributed by atoms with Crippen LogP contribution in [0.4, 0.5) is 0 Å². The monoisotopic (exact) mass is 335 g/mol. The van der Waals surface area contributed by atoms with Gasteiger partial charge in [-0.3, -0.25) is 0 Å². The van der Waals surface area contributed by atoms with E-state index in [1.54, 1.807) is 18.2 Å². The van der Waals surface area contributed by atoms with Gasteiger partial charge in [0.05, 0.1) is 23.3 Å². The number of fused-ring (bicyclic) bond motifs is 1. The van der Waals surface area contributed by atoms with Crippen LogP contribution in [0.3, 0.4) is 0 Å². The van der Waals surface area contributed by atoms with Crippen LogP contribution >= 0.6 is 0 Å². The zero-order valence-electron chi connectivity index (χ0n) is 12.7. The lowest BCUT2D eigenvalue weighted by atomic mass is 10.1. The lowest BCUT2D eigenvalue weighted by molar-refractivity contribution is 0.0696. The quantitative estimate of drug-likeness (QED) is 0.906. The Morgan fingerprint density at radius 2 is 2.13 bits per heavy atom. The Morgan fingerprint density at radius 1 is 1.35 bits per heavy atom. The Hall–Kier alpha value is -2.12. The molecular formula is C16H17NO5S. The first-order valence-electron chi connectivity index (χ1n) is 7.27. The molecule has 0 unspecified atom stereocenters. The van der Waals surface area contributed by atoms with Gasteiger partial charge in [0.2, 0.25) is 10.0 Å². The van der Waals surface area contributed by atoms with Gasteiger partial charge in [-0.05, 0) is 54.7 Å². The lowest BCUT2D eigenvalue weighted by Crippen LogP contribution is -2.27. The fraction of sp³-hybridized carbons (Fsp3) is 0.312. The number of hydrogen-bond donors (Lipinski definition) is 1. The van der Waals surface area contributed by atoms with Gasteiger partial charge in [0.1, 0.15) is 5.76 Å². The van der Waals surface area contributed by atoms with Gasteiger partial charge in [0.25, 0.3) is 0 Å². The molecule has 7 heteroatoms. The van der Waals surface area contributed by atoms with Crippen LogP contribution < -0.4 is 0 Å². The summed E-state index contributed by atoms with van der Waals surface area (Å²) in [6.45, 7) is 0.0986. The molecule has 0 bridgehead atoms. The van der Waals surface area contributed by atoms with Gasteiger partial charge in [-0.2, -0.15) is 4.31 Å². The van der Waals surface area contributed by atoms with Gasteiger partial charge in [-0.25, -0.2) is 13.2 Å². The van der Waals surface area contributed by atoms with Crippen LogP contribution in [0, 0.1) is 0 Å². The highest BCUT2D eigenvalue weighted by molar-refractivity contribution is 7.89. The van der Waals surface area contributed by atoms with Crippen LogP contribution in [-0.2, 0) is 29.4 Å². The summed E-state index contributed by atoms with van der Waals surface area (Å²) in [5.41, 5.74) is 1.56. The first-order valence-corrected chi connectivity index (χ1v) is 8.71. The van der Waals surface area contributed by atoms with E-state index in [0.29, 0.717) is 18.6 Å². The molecular weight excluding hydrogens is 318 g/mol. The summed E-state index contributed by atoms with van der Waals surface area (Å²) in [5, 5.41) is 9.23. The molecule has 122 valence electrons. The van der Waals surface area contributed by atoms with Crippen LogP contribution in [-0.4, -0.2) is 30.8 Å². The molecule has 1 aromatic carbocycles. The molecule has 1 aromatic heterocycles. The van der Waals surface area contributed by atoms with Crippen molar-refractivity contribution in [2.24, 2.45) is 0 Å². The van der Waals surface area contributed by atoms with Crippen molar-refractivity contribution in [3.05, 3.63) is 53.0 Å². The van der Waals surface area contributed by atoms with Crippen LogP contribution in [0.15, 0.2) is 39.8 Å². The van der Waals surface area contributed by atoms with Crippen molar-refractivity contribution in [1.82, 2.24) is 4.31 Å². The predicted molar refractivity (Wildman–Crippen MR) is 82.8 cm³/mol. The van der Waals surface area contributed by atoms with Crippen molar-refractivity contribution in [3.8, 4) is 0 Å². The van der Waals surface area contributed by atoms with E-state index in [4.69, 9.17) is 4.42 Å². The first kappa shape index (κ1) is 15.8. The molecule has 3 rings (SSSR count). The van der Waals surface area contributed by atoms with Gasteiger partial charge in [0.15, 0.2) is 0 Å². The SMILES string of the molecule is CN(Cc1ccco1)S(=O)(=O)c1cc(C(=O)O)cc2c1CCC2. The number of carboxylic acid groups (broad SMARTS) is 1. The second-order valence-electron chi connectivity index (χ2n) is 5.61. The maximum absolute atomic E-state index is 12.9. The number of nitrogens with zero attached hydrogens (tertiary/aromatic N) is 1. The number of aromatic carboxylic acids is 1. The smallest absolute Gasteiger partial charge is 0.335 e. The standard InChI is InChI=1S/C16H17NO5S/c1-17(10-13-5-3-7-22-13)23(20,21)15-9-12(16(18)19)8-11-4-2-6-14(11)15/h3,5,7-9H,2,4,6,10H2,1H3,(H,18,19). The van der Waals surface area contributed by atoms with Crippen LogP contribution in [0.5, 0.6) is 0 Å². The molecule has 23 heavy (non-hydrogen) atoms. The lowest BCUT2D eigenvalue weighted by Gasteiger charge is -2.19. The molecule has 1 heterocycles. The zero-order valence-corrected chi connectivity index (χ0v) is 13.5. The van der Waals surface area contributed by atoms with Crippen molar-refractivity contribution < 1.29 is 22.7 Å². The van der Waals surface area contributed by atoms with E-state index in [2.05, 4.69) is 0 Å². The van der Waals surface area contributed by atoms with Crippen LogP contribution in [0.2, 0.25) is 0 Å². The summed E-state index contributed by atoms with van der Waals surface area (Å²) in [6.07, 6.45) is 3.68. The highest BCUT2D eigenvalue weighted by Gasteiger charge is 2.29. The van der Waals surface area contributed by atoms with E-state index >= 15 is 0 Å². The number of hydrogen-bond acceptors (Lipinski definition) is 4. The Balaban J connectivity index is 2.04. The molecule has 0 saturated heterocycles. The van der Waals surface area contributed by atoms with Gasteiger partial charge in [-0.1, -0.05) is 0 Å². The summed E-state index contributed by atoms with van der Waals surface area (Å²) in [7, 11) is -2.32. The normalized spacial score (nSPS) is 14.2. The van der Waals surface area contributed by atoms with E-state index in [1.165, 1.54) is 23.7 Å². The van der Waals surface area contributed by atoms with Crippen LogP contribution in [0.1, 0.15) is 33.7 Å². The van der Waals surface area contributed by atoms with Crippen molar-refractivity contribution in [3.63, 3.8) is 0 Å². The largest absolute Gasteiger partial charge is 0.478 e. The second-order valence-corrected chi connectivity index (χ2v) is 7.62. The van der Waals surface area contributed by atoms with E-state index < -0.39 is 16.0 Å². The number of benzene rings is 1. The average molecular weight is 335 g/mol. The molecule has 0 spiro atoms. The Labute approximate surface area is 134 Å². The Kier molecular flexibility index (Phi) is 3.99. The highest BCUT2D eigenvalue weighted by atomic mass is 32.2. The minimum absolute atomic E-state index is 0.00984. The van der Waals surface area contributed by atoms with Crippen molar-refractivity contribution in [2.45, 2.75) is 30.7 Å². The maximum atomic E-state index is 12.9.